The van der Waals surface area contributed by atoms with Crippen LogP contribution >= 0.6 is 12.2 Å². The van der Waals surface area contributed by atoms with E-state index in [-0.39, 0.29) is 11.6 Å². The summed E-state index contributed by atoms with van der Waals surface area (Å²) in [5.41, 5.74) is 0. The van der Waals surface area contributed by atoms with Gasteiger partial charge in [0.05, 0.1) is 0 Å². The van der Waals surface area contributed by atoms with E-state index in [4.69, 9.17) is 17.3 Å². The van der Waals surface area contributed by atoms with E-state index in [1.807, 2.05) is 0 Å². The first-order chi connectivity index (χ1) is 6.18. The number of aromatic amines is 1. The predicted molar refractivity (Wildman–Crippen MR) is 45.1 cm³/mol. The van der Waals surface area contributed by atoms with Gasteiger partial charge in [0.2, 0.25) is 5.82 Å². The zero-order valence-electron chi connectivity index (χ0n) is 6.26. The minimum absolute atomic E-state index is 0.176. The molecule has 0 unspecified atom stereocenters. The minimum Gasteiger partial charge on any atom is -0.475 e. The quantitative estimate of drug-likeness (QED) is 0.648. The maximum absolute atomic E-state index is 10.5. The number of carboxylic acids is 1. The number of hydrogen-bond donors (Lipinski definition) is 2. The Bertz CT molecular complexity index is 529. The molecule has 0 radical (unpaired) electrons. The van der Waals surface area contributed by atoms with Gasteiger partial charge in [0.25, 0.3) is 5.78 Å². The fourth-order valence-corrected chi connectivity index (χ4v) is 1.10. The van der Waals surface area contributed by atoms with Crippen LogP contribution in [0.4, 0.5) is 0 Å². The van der Waals surface area contributed by atoms with Crippen LogP contribution in [0, 0.1) is 4.64 Å². The fourth-order valence-electron chi connectivity index (χ4n) is 0.909. The molecule has 2 aromatic heterocycles. The van der Waals surface area contributed by atoms with Crippen LogP contribution in [-0.2, 0) is 0 Å². The van der Waals surface area contributed by atoms with Crippen LogP contribution in [0.25, 0.3) is 5.78 Å². The van der Waals surface area contributed by atoms with Crippen LogP contribution in [0.5, 0.6) is 0 Å². The lowest BCUT2D eigenvalue weighted by atomic mass is 10.6. The van der Waals surface area contributed by atoms with E-state index >= 15 is 0 Å². The van der Waals surface area contributed by atoms with Crippen molar-refractivity contribution in [3.63, 3.8) is 0 Å². The molecule has 0 aliphatic carbocycles. The lowest BCUT2D eigenvalue weighted by molar-refractivity contribution is 0.0684. The third-order valence-electron chi connectivity index (χ3n) is 1.46. The lowest BCUT2D eigenvalue weighted by Gasteiger charge is -1.87. The average molecular weight is 196 g/mol. The maximum atomic E-state index is 10.5. The van der Waals surface area contributed by atoms with Crippen molar-refractivity contribution in [1.29, 1.82) is 0 Å². The van der Waals surface area contributed by atoms with Crippen molar-refractivity contribution < 1.29 is 9.90 Å². The van der Waals surface area contributed by atoms with Gasteiger partial charge in [-0.3, -0.25) is 5.10 Å². The van der Waals surface area contributed by atoms with Gasteiger partial charge >= 0.3 is 5.97 Å². The molecule has 2 N–H and O–H groups in total. The molecule has 0 spiro atoms. The van der Waals surface area contributed by atoms with Crippen LogP contribution in [0.2, 0.25) is 0 Å². The van der Waals surface area contributed by atoms with Gasteiger partial charge in [-0.15, -0.1) is 0 Å². The highest BCUT2D eigenvalue weighted by Gasteiger charge is 2.09. The first-order valence-electron chi connectivity index (χ1n) is 3.35. The van der Waals surface area contributed by atoms with Crippen LogP contribution < -0.4 is 0 Å². The topological polar surface area (TPSA) is 83.3 Å². The van der Waals surface area contributed by atoms with E-state index in [2.05, 4.69) is 15.1 Å². The highest BCUT2D eigenvalue weighted by atomic mass is 32.1. The Morgan fingerprint density at radius 1 is 1.69 bits per heavy atom. The summed E-state index contributed by atoms with van der Waals surface area (Å²) < 4.78 is 1.77. The summed E-state index contributed by atoms with van der Waals surface area (Å²) in [4.78, 5) is 18.1. The van der Waals surface area contributed by atoms with E-state index < -0.39 is 5.97 Å². The SMILES string of the molecule is O=C(O)c1nc2nccc(=S)n2[nH]1. The van der Waals surface area contributed by atoms with Gasteiger partial charge in [0.1, 0.15) is 4.64 Å². The van der Waals surface area contributed by atoms with E-state index in [0.29, 0.717) is 4.64 Å². The van der Waals surface area contributed by atoms with Gasteiger partial charge < -0.3 is 5.11 Å². The number of aromatic nitrogens is 4. The second kappa shape index (κ2) is 2.63. The zero-order valence-corrected chi connectivity index (χ0v) is 7.08. The molecule has 0 saturated carbocycles. The molecular weight excluding hydrogens is 192 g/mol. The largest absolute Gasteiger partial charge is 0.475 e. The summed E-state index contributed by atoms with van der Waals surface area (Å²) >= 11 is 4.91. The lowest BCUT2D eigenvalue weighted by Crippen LogP contribution is -1.99. The highest BCUT2D eigenvalue weighted by Crippen LogP contribution is 1.98. The molecule has 0 saturated heterocycles. The molecule has 0 atom stereocenters. The third kappa shape index (κ3) is 1.18. The van der Waals surface area contributed by atoms with Crippen LogP contribution in [0.15, 0.2) is 12.3 Å². The van der Waals surface area contributed by atoms with Gasteiger partial charge in [-0.25, -0.2) is 14.3 Å². The maximum Gasteiger partial charge on any atom is 0.373 e. The molecular formula is C6H4N4O2S. The molecule has 0 fully saturated rings. The summed E-state index contributed by atoms with van der Waals surface area (Å²) in [5, 5.41) is 11.1. The van der Waals surface area contributed by atoms with Crippen molar-refractivity contribution in [1.82, 2.24) is 19.6 Å². The Labute approximate surface area is 76.9 Å². The number of carboxylic acid groups (broad SMARTS) is 1. The van der Waals surface area contributed by atoms with Crippen molar-refractivity contribution in [3.05, 3.63) is 22.7 Å². The predicted octanol–water partition coefficient (Wildman–Crippen LogP) is 0.485. The summed E-state index contributed by atoms with van der Waals surface area (Å²) in [6.45, 7) is 0. The van der Waals surface area contributed by atoms with Crippen molar-refractivity contribution in [2.45, 2.75) is 0 Å². The Morgan fingerprint density at radius 2 is 2.46 bits per heavy atom. The summed E-state index contributed by atoms with van der Waals surface area (Å²) in [6.07, 6.45) is 1.48. The Morgan fingerprint density at radius 3 is 3.08 bits per heavy atom. The van der Waals surface area contributed by atoms with E-state index in [9.17, 15) is 4.79 Å². The molecule has 0 aliphatic rings. The van der Waals surface area contributed by atoms with Crippen LogP contribution in [-0.4, -0.2) is 30.7 Å². The second-order valence-corrected chi connectivity index (χ2v) is 2.71. The third-order valence-corrected chi connectivity index (χ3v) is 1.78. The summed E-state index contributed by atoms with van der Waals surface area (Å²) in [7, 11) is 0. The number of rotatable bonds is 1. The first kappa shape index (κ1) is 7.87. The number of nitrogens with one attached hydrogen (secondary N) is 1. The first-order valence-corrected chi connectivity index (χ1v) is 3.76. The summed E-state index contributed by atoms with van der Waals surface area (Å²) in [6, 6.07) is 1.58. The number of hydrogen-bond acceptors (Lipinski definition) is 4. The Balaban J connectivity index is 2.83. The Hall–Kier alpha value is -1.76. The smallest absolute Gasteiger partial charge is 0.373 e. The molecule has 0 aliphatic heterocycles. The number of fused-ring (bicyclic) bond motifs is 1. The zero-order chi connectivity index (χ0) is 9.42. The number of H-pyrrole nitrogens is 1. The molecule has 2 rings (SSSR count). The van der Waals surface area contributed by atoms with E-state index in [1.54, 1.807) is 6.07 Å². The second-order valence-electron chi connectivity index (χ2n) is 2.30. The summed E-state index contributed by atoms with van der Waals surface area (Å²) in [5.74, 6) is -1.06. The van der Waals surface area contributed by atoms with E-state index in [1.165, 1.54) is 10.7 Å². The van der Waals surface area contributed by atoms with Gasteiger partial charge in [0.15, 0.2) is 0 Å². The average Bonchev–Trinajstić information content (AvgIpc) is 2.49. The van der Waals surface area contributed by atoms with E-state index in [0.717, 1.165) is 0 Å². The van der Waals surface area contributed by atoms with Gasteiger partial charge in [0, 0.05) is 6.20 Å². The van der Waals surface area contributed by atoms with Gasteiger partial charge in [-0.1, -0.05) is 12.2 Å². The fraction of sp³-hybridized carbons (Fsp3) is 0. The van der Waals surface area contributed by atoms with Crippen molar-refractivity contribution in [2.75, 3.05) is 0 Å². The molecule has 7 heteroatoms. The number of aromatic carboxylic acids is 1. The minimum atomic E-state index is -1.14. The molecule has 13 heavy (non-hydrogen) atoms. The van der Waals surface area contributed by atoms with Crippen molar-refractivity contribution >= 4 is 24.0 Å². The van der Waals surface area contributed by atoms with Crippen molar-refractivity contribution in [3.8, 4) is 0 Å². The normalized spacial score (nSPS) is 10.5. The van der Waals surface area contributed by atoms with Gasteiger partial charge in [-0.05, 0) is 6.07 Å². The van der Waals surface area contributed by atoms with Gasteiger partial charge in [-0.2, -0.15) is 4.98 Å². The Kier molecular flexibility index (Phi) is 1.59. The van der Waals surface area contributed by atoms with Crippen LogP contribution in [0.1, 0.15) is 10.6 Å². The number of carbonyl (C=O) groups is 1. The highest BCUT2D eigenvalue weighted by molar-refractivity contribution is 7.71. The molecule has 2 heterocycles. The number of nitrogens with zero attached hydrogens (tertiary/aromatic N) is 3. The molecule has 66 valence electrons. The van der Waals surface area contributed by atoms with Crippen LogP contribution in [0.3, 0.4) is 0 Å². The molecule has 2 aromatic rings. The standard InChI is InChI=1S/C6H4N4O2S/c11-5(12)4-8-6-7-2-1-3(13)10(6)9-4/h1-2H,(H,11,12)(H,7,8,9). The molecule has 0 amide bonds. The molecule has 0 bridgehead atoms. The van der Waals surface area contributed by atoms with Crippen molar-refractivity contribution in [2.24, 2.45) is 0 Å². The molecule has 6 nitrogen and oxygen atoms in total. The molecule has 0 aromatic carbocycles. The monoisotopic (exact) mass is 196 g/mol.